The van der Waals surface area contributed by atoms with Gasteiger partial charge >= 0.3 is 0 Å². The lowest BCUT2D eigenvalue weighted by molar-refractivity contribution is 0.0498. The molecule has 0 aromatic heterocycles. The van der Waals surface area contributed by atoms with Crippen LogP contribution in [-0.2, 0) is 10.0 Å². The number of piperazine rings is 1. The van der Waals surface area contributed by atoms with E-state index in [4.69, 9.17) is 4.74 Å². The number of benzene rings is 3. The van der Waals surface area contributed by atoms with Gasteiger partial charge in [0.2, 0.25) is 0 Å². The summed E-state index contributed by atoms with van der Waals surface area (Å²) in [6, 6.07) is 22.8. The average Bonchev–Trinajstić information content (AvgIpc) is 2.85. The minimum Gasteiger partial charge on any atom is -0.494 e. The molecule has 1 fully saturated rings. The summed E-state index contributed by atoms with van der Waals surface area (Å²) in [4.78, 5) is 17.6. The Morgan fingerprint density at radius 2 is 1.65 bits per heavy atom. The van der Waals surface area contributed by atoms with Crippen molar-refractivity contribution in [2.45, 2.75) is 17.9 Å². The van der Waals surface area contributed by atoms with Crippen LogP contribution >= 0.6 is 0 Å². The highest BCUT2D eigenvalue weighted by Gasteiger charge is 2.30. The van der Waals surface area contributed by atoms with Crippen molar-refractivity contribution in [3.63, 3.8) is 0 Å². The van der Waals surface area contributed by atoms with Crippen molar-refractivity contribution in [1.29, 1.82) is 0 Å². The number of amides is 1. The first-order chi connectivity index (χ1) is 16.4. The smallest absolute Gasteiger partial charge is 0.261 e. The normalized spacial score (nSPS) is 16.8. The molecule has 1 N–H and O–H groups in total. The van der Waals surface area contributed by atoms with Crippen molar-refractivity contribution in [3.05, 3.63) is 90.0 Å². The molecule has 7 nitrogen and oxygen atoms in total. The maximum atomic E-state index is 13.4. The van der Waals surface area contributed by atoms with E-state index in [1.807, 2.05) is 42.2 Å². The van der Waals surface area contributed by atoms with Crippen molar-refractivity contribution in [2.24, 2.45) is 0 Å². The minimum atomic E-state index is -3.76. The van der Waals surface area contributed by atoms with Crippen molar-refractivity contribution in [3.8, 4) is 5.75 Å². The lowest BCUT2D eigenvalue weighted by Gasteiger charge is -2.40. The number of likely N-dealkylation sites (N-methyl/N-ethyl adjacent to an activating group) is 1. The second-order valence-electron chi connectivity index (χ2n) is 8.27. The Morgan fingerprint density at radius 3 is 2.29 bits per heavy atom. The predicted octanol–water partition coefficient (Wildman–Crippen LogP) is 4.02. The first-order valence-electron chi connectivity index (χ1n) is 11.3. The first kappa shape index (κ1) is 23.8. The van der Waals surface area contributed by atoms with Gasteiger partial charge in [0.05, 0.1) is 17.5 Å². The van der Waals surface area contributed by atoms with Crippen molar-refractivity contribution >= 4 is 21.6 Å². The van der Waals surface area contributed by atoms with Crippen LogP contribution in [0, 0.1) is 0 Å². The number of rotatable bonds is 7. The number of sulfonamides is 1. The van der Waals surface area contributed by atoms with Crippen LogP contribution < -0.4 is 9.46 Å². The second kappa shape index (κ2) is 10.3. The highest BCUT2D eigenvalue weighted by molar-refractivity contribution is 7.92. The number of hydrogen-bond acceptors (Lipinski definition) is 5. The lowest BCUT2D eigenvalue weighted by Crippen LogP contribution is -2.49. The molecule has 0 bridgehead atoms. The first-order valence-corrected chi connectivity index (χ1v) is 12.8. The summed E-state index contributed by atoms with van der Waals surface area (Å²) in [5.41, 5.74) is 2.01. The molecule has 3 aromatic carbocycles. The molecule has 0 saturated carbocycles. The van der Waals surface area contributed by atoms with E-state index < -0.39 is 10.0 Å². The van der Waals surface area contributed by atoms with Gasteiger partial charge in [-0.15, -0.1) is 0 Å². The molecule has 1 atom stereocenters. The van der Waals surface area contributed by atoms with Crippen molar-refractivity contribution < 1.29 is 17.9 Å². The molecule has 1 saturated heterocycles. The predicted molar refractivity (Wildman–Crippen MR) is 133 cm³/mol. The van der Waals surface area contributed by atoms with E-state index in [-0.39, 0.29) is 16.8 Å². The molecule has 0 radical (unpaired) electrons. The molecule has 1 aliphatic heterocycles. The van der Waals surface area contributed by atoms with Gasteiger partial charge in [-0.25, -0.2) is 8.42 Å². The third-order valence-electron chi connectivity index (χ3n) is 5.86. The molecule has 1 heterocycles. The van der Waals surface area contributed by atoms with Gasteiger partial charge in [0.15, 0.2) is 0 Å². The molecule has 34 heavy (non-hydrogen) atoms. The van der Waals surface area contributed by atoms with Gasteiger partial charge in [-0.05, 0) is 68.1 Å². The molecule has 1 amide bonds. The summed E-state index contributed by atoms with van der Waals surface area (Å²) in [6.07, 6.45) is 0. The maximum Gasteiger partial charge on any atom is 0.261 e. The Labute approximate surface area is 201 Å². The minimum absolute atomic E-state index is 0.0368. The van der Waals surface area contributed by atoms with Crippen LogP contribution in [0.5, 0.6) is 5.75 Å². The largest absolute Gasteiger partial charge is 0.494 e. The third-order valence-corrected chi connectivity index (χ3v) is 7.25. The highest BCUT2D eigenvalue weighted by Crippen LogP contribution is 2.27. The molecule has 1 aliphatic rings. The van der Waals surface area contributed by atoms with Crippen LogP contribution in [0.4, 0.5) is 5.69 Å². The van der Waals surface area contributed by atoms with Gasteiger partial charge in [0.1, 0.15) is 5.75 Å². The summed E-state index contributed by atoms with van der Waals surface area (Å²) in [5.74, 6) is 0.546. The van der Waals surface area contributed by atoms with Crippen molar-refractivity contribution in [1.82, 2.24) is 9.80 Å². The van der Waals surface area contributed by atoms with Gasteiger partial charge < -0.3 is 14.5 Å². The van der Waals surface area contributed by atoms with Gasteiger partial charge in [-0.2, -0.15) is 0 Å². The Kier molecular flexibility index (Phi) is 7.19. The van der Waals surface area contributed by atoms with Crippen LogP contribution in [0.25, 0.3) is 0 Å². The number of anilines is 1. The van der Waals surface area contributed by atoms with E-state index in [1.54, 1.807) is 36.4 Å². The number of nitrogens with zero attached hydrogens (tertiary/aromatic N) is 2. The third kappa shape index (κ3) is 5.40. The Hall–Kier alpha value is -3.36. The number of nitrogens with one attached hydrogen (secondary N) is 1. The zero-order valence-electron chi connectivity index (χ0n) is 19.3. The monoisotopic (exact) mass is 479 g/mol. The lowest BCUT2D eigenvalue weighted by atomic mass is 10.0. The standard InChI is InChI=1S/C26H29N3O4S/c1-3-33-23-13-15-24(16-14-23)34(31,32)27-22-11-9-21(10-12-22)26(30)29-18-17-28(2)19-25(29)20-7-5-4-6-8-20/h4-16,25,27H,3,17-19H2,1-2H3. The molecule has 1 unspecified atom stereocenters. The summed E-state index contributed by atoms with van der Waals surface area (Å²) in [6.45, 7) is 4.56. The number of carbonyl (C=O) groups is 1. The highest BCUT2D eigenvalue weighted by atomic mass is 32.2. The van der Waals surface area contributed by atoms with Crippen LogP contribution in [0.2, 0.25) is 0 Å². The molecular formula is C26H29N3O4S. The summed E-state index contributed by atoms with van der Waals surface area (Å²) in [7, 11) is -1.70. The van der Waals surface area contributed by atoms with E-state index >= 15 is 0 Å². The Morgan fingerprint density at radius 1 is 0.971 bits per heavy atom. The SMILES string of the molecule is CCOc1ccc(S(=O)(=O)Nc2ccc(C(=O)N3CCN(C)CC3c3ccccc3)cc2)cc1. The van der Waals surface area contributed by atoms with Gasteiger partial charge in [0, 0.05) is 30.9 Å². The molecular weight excluding hydrogens is 450 g/mol. The quantitative estimate of drug-likeness (QED) is 0.554. The van der Waals surface area contributed by atoms with E-state index in [1.165, 1.54) is 12.1 Å². The van der Waals surface area contributed by atoms with Gasteiger partial charge in [-0.1, -0.05) is 30.3 Å². The van der Waals surface area contributed by atoms with Gasteiger partial charge in [-0.3, -0.25) is 9.52 Å². The number of carbonyl (C=O) groups excluding carboxylic acids is 1. The topological polar surface area (TPSA) is 78.9 Å². The van der Waals surface area contributed by atoms with E-state index in [0.29, 0.717) is 30.2 Å². The van der Waals surface area contributed by atoms with Crippen LogP contribution in [0.3, 0.4) is 0 Å². The van der Waals surface area contributed by atoms with Crippen LogP contribution in [0.15, 0.2) is 83.8 Å². The van der Waals surface area contributed by atoms with Crippen molar-refractivity contribution in [2.75, 3.05) is 38.0 Å². The number of ether oxygens (including phenoxy) is 1. The average molecular weight is 480 g/mol. The zero-order valence-corrected chi connectivity index (χ0v) is 20.2. The van der Waals surface area contributed by atoms with E-state index in [2.05, 4.69) is 16.7 Å². The van der Waals surface area contributed by atoms with Crippen LogP contribution in [-0.4, -0.2) is 57.4 Å². The fourth-order valence-corrected chi connectivity index (χ4v) is 5.12. The molecule has 3 aromatic rings. The summed E-state index contributed by atoms with van der Waals surface area (Å²) >= 11 is 0. The Bertz CT molecular complexity index is 1210. The zero-order chi connectivity index (χ0) is 24.1. The van der Waals surface area contributed by atoms with Gasteiger partial charge in [0.25, 0.3) is 15.9 Å². The summed E-state index contributed by atoms with van der Waals surface area (Å²) in [5, 5.41) is 0. The molecule has 0 spiro atoms. The van der Waals surface area contributed by atoms with E-state index in [0.717, 1.165) is 18.7 Å². The van der Waals surface area contributed by atoms with Crippen LogP contribution in [0.1, 0.15) is 28.9 Å². The molecule has 0 aliphatic carbocycles. The maximum absolute atomic E-state index is 13.4. The summed E-state index contributed by atoms with van der Waals surface area (Å²) < 4.78 is 33.4. The molecule has 8 heteroatoms. The fraction of sp³-hybridized carbons (Fsp3) is 0.269. The second-order valence-corrected chi connectivity index (χ2v) is 9.96. The molecule has 4 rings (SSSR count). The number of hydrogen-bond donors (Lipinski definition) is 1. The fourth-order valence-electron chi connectivity index (χ4n) is 4.07. The Balaban J connectivity index is 1.48. The molecule has 178 valence electrons. The van der Waals surface area contributed by atoms with E-state index in [9.17, 15) is 13.2 Å².